The minimum Gasteiger partial charge on any atom is -0.504 e. The average Bonchev–Trinajstić information content (AvgIpc) is 2.62. The van der Waals surface area contributed by atoms with Gasteiger partial charge in [-0.2, -0.15) is 0 Å². The molecule has 25 heavy (non-hydrogen) atoms. The van der Waals surface area contributed by atoms with E-state index in [0.717, 1.165) is 5.56 Å². The molecule has 2 aromatic rings. The van der Waals surface area contributed by atoms with Crippen LogP contribution < -0.4 is 5.32 Å². The van der Waals surface area contributed by atoms with Gasteiger partial charge in [0.05, 0.1) is 6.10 Å². The zero-order valence-electron chi connectivity index (χ0n) is 13.5. The maximum atomic E-state index is 11.6. The van der Waals surface area contributed by atoms with E-state index in [1.165, 1.54) is 18.2 Å². The summed E-state index contributed by atoms with van der Waals surface area (Å²) in [4.78, 5) is 11.6. The van der Waals surface area contributed by atoms with Gasteiger partial charge in [0.2, 0.25) is 0 Å². The number of benzene rings is 2. The lowest BCUT2D eigenvalue weighted by Crippen LogP contribution is -2.29. The lowest BCUT2D eigenvalue weighted by atomic mass is 10.0. The van der Waals surface area contributed by atoms with Crippen LogP contribution in [0, 0.1) is 0 Å². The highest BCUT2D eigenvalue weighted by atomic mass is 16.5. The van der Waals surface area contributed by atoms with Crippen LogP contribution in [-0.4, -0.2) is 39.2 Å². The molecule has 0 heterocycles. The van der Waals surface area contributed by atoms with Crippen LogP contribution in [0.5, 0.6) is 11.5 Å². The standard InChI is InChI=1S/C18H21NO6/c20-14-7-6-13(10-16(14)22)17(23)15(21)8-9-19-18(24)25-11-12-4-2-1-3-5-12/h1-7,10,15,17,20-23H,8-9,11H2,(H,19,24). The number of carbonyl (C=O) groups excluding carboxylic acids is 1. The molecule has 2 rings (SSSR count). The number of phenolic OH excluding ortho intramolecular Hbond substituents is 2. The van der Waals surface area contributed by atoms with E-state index < -0.39 is 18.3 Å². The first kappa shape index (κ1) is 18.6. The zero-order valence-corrected chi connectivity index (χ0v) is 13.5. The van der Waals surface area contributed by atoms with Crippen LogP contribution >= 0.6 is 0 Å². The summed E-state index contributed by atoms with van der Waals surface area (Å²) >= 11 is 0. The minimum atomic E-state index is -1.26. The molecule has 0 spiro atoms. The summed E-state index contributed by atoms with van der Waals surface area (Å²) in [6.45, 7) is 0.251. The predicted molar refractivity (Wildman–Crippen MR) is 90.0 cm³/mol. The van der Waals surface area contributed by atoms with E-state index in [2.05, 4.69) is 5.32 Å². The second-order valence-electron chi connectivity index (χ2n) is 5.54. The Morgan fingerprint density at radius 2 is 1.76 bits per heavy atom. The number of hydrogen-bond donors (Lipinski definition) is 5. The molecule has 0 aliphatic rings. The van der Waals surface area contributed by atoms with Crippen LogP contribution in [0.25, 0.3) is 0 Å². The molecule has 5 N–H and O–H groups in total. The van der Waals surface area contributed by atoms with Crippen molar-refractivity contribution in [2.45, 2.75) is 25.2 Å². The number of rotatable bonds is 7. The van der Waals surface area contributed by atoms with Gasteiger partial charge in [0.25, 0.3) is 0 Å². The van der Waals surface area contributed by atoms with Crippen molar-refractivity contribution >= 4 is 6.09 Å². The average molecular weight is 347 g/mol. The molecule has 134 valence electrons. The molecule has 0 aromatic heterocycles. The minimum absolute atomic E-state index is 0.0865. The number of hydrogen-bond acceptors (Lipinski definition) is 6. The van der Waals surface area contributed by atoms with E-state index in [4.69, 9.17) is 4.74 Å². The second-order valence-corrected chi connectivity index (χ2v) is 5.54. The molecule has 0 bridgehead atoms. The lowest BCUT2D eigenvalue weighted by Gasteiger charge is -2.18. The Labute approximate surface area is 145 Å². The van der Waals surface area contributed by atoms with Gasteiger partial charge in [-0.3, -0.25) is 0 Å². The van der Waals surface area contributed by atoms with Crippen molar-refractivity contribution in [2.75, 3.05) is 6.54 Å². The molecular formula is C18H21NO6. The SMILES string of the molecule is O=C(NCCC(O)C(O)c1ccc(O)c(O)c1)OCc1ccccc1. The van der Waals surface area contributed by atoms with Gasteiger partial charge < -0.3 is 30.5 Å². The number of aromatic hydroxyl groups is 2. The molecule has 2 atom stereocenters. The van der Waals surface area contributed by atoms with Gasteiger partial charge in [0.15, 0.2) is 11.5 Å². The van der Waals surface area contributed by atoms with E-state index in [1.807, 2.05) is 30.3 Å². The summed E-state index contributed by atoms with van der Waals surface area (Å²) in [7, 11) is 0. The molecule has 1 amide bonds. The van der Waals surface area contributed by atoms with Gasteiger partial charge >= 0.3 is 6.09 Å². The van der Waals surface area contributed by atoms with Crippen LogP contribution in [0.3, 0.4) is 0 Å². The maximum Gasteiger partial charge on any atom is 0.407 e. The first-order valence-electron chi connectivity index (χ1n) is 7.80. The fourth-order valence-electron chi connectivity index (χ4n) is 2.20. The molecule has 7 nitrogen and oxygen atoms in total. The van der Waals surface area contributed by atoms with Crippen molar-refractivity contribution in [3.63, 3.8) is 0 Å². The first-order valence-corrected chi connectivity index (χ1v) is 7.80. The molecule has 7 heteroatoms. The van der Waals surface area contributed by atoms with Gasteiger partial charge in [-0.25, -0.2) is 4.79 Å². The molecule has 2 unspecified atom stereocenters. The normalized spacial score (nSPS) is 13.0. The van der Waals surface area contributed by atoms with Crippen molar-refractivity contribution in [3.05, 3.63) is 59.7 Å². The van der Waals surface area contributed by atoms with Crippen LogP contribution in [0.2, 0.25) is 0 Å². The third-order valence-corrected chi connectivity index (χ3v) is 3.63. The van der Waals surface area contributed by atoms with Crippen LogP contribution in [-0.2, 0) is 11.3 Å². The van der Waals surface area contributed by atoms with E-state index in [9.17, 15) is 25.2 Å². The number of carbonyl (C=O) groups is 1. The topological polar surface area (TPSA) is 119 Å². The van der Waals surface area contributed by atoms with Crippen LogP contribution in [0.15, 0.2) is 48.5 Å². The fourth-order valence-corrected chi connectivity index (χ4v) is 2.20. The number of ether oxygens (including phenoxy) is 1. The van der Waals surface area contributed by atoms with E-state index >= 15 is 0 Å². The summed E-state index contributed by atoms with van der Waals surface area (Å²) in [5, 5.41) is 41.2. The third-order valence-electron chi connectivity index (χ3n) is 3.63. The van der Waals surface area contributed by atoms with Gasteiger partial charge in [0.1, 0.15) is 12.7 Å². The van der Waals surface area contributed by atoms with E-state index in [1.54, 1.807) is 0 Å². The van der Waals surface area contributed by atoms with Crippen LogP contribution in [0.1, 0.15) is 23.7 Å². The van der Waals surface area contributed by atoms with E-state index in [0.29, 0.717) is 0 Å². The Kier molecular flexibility index (Phi) is 6.62. The number of aliphatic hydroxyl groups is 2. The van der Waals surface area contributed by atoms with Crippen molar-refractivity contribution in [3.8, 4) is 11.5 Å². The predicted octanol–water partition coefficient (Wildman–Crippen LogP) is 1.81. The van der Waals surface area contributed by atoms with Crippen molar-refractivity contribution < 1.29 is 30.0 Å². The fraction of sp³-hybridized carbons (Fsp3) is 0.278. The first-order chi connectivity index (χ1) is 12.0. The number of alkyl carbamates (subject to hydrolysis) is 1. The Balaban J connectivity index is 1.72. The monoisotopic (exact) mass is 347 g/mol. The Bertz CT molecular complexity index is 691. The van der Waals surface area contributed by atoms with E-state index in [-0.39, 0.29) is 36.6 Å². The molecule has 2 aromatic carbocycles. The molecule has 0 aliphatic heterocycles. The molecule has 0 saturated heterocycles. The summed E-state index contributed by atoms with van der Waals surface area (Å²) in [5.41, 5.74) is 1.12. The smallest absolute Gasteiger partial charge is 0.407 e. The molecular weight excluding hydrogens is 326 g/mol. The summed E-state index contributed by atoms with van der Waals surface area (Å²) in [6, 6.07) is 13.0. The summed E-state index contributed by atoms with van der Waals surface area (Å²) < 4.78 is 5.03. The second kappa shape index (κ2) is 8.91. The molecule has 0 saturated carbocycles. The highest BCUT2D eigenvalue weighted by Gasteiger charge is 2.19. The van der Waals surface area contributed by atoms with Crippen molar-refractivity contribution in [2.24, 2.45) is 0 Å². The van der Waals surface area contributed by atoms with Gasteiger partial charge in [0, 0.05) is 6.54 Å². The Morgan fingerprint density at radius 3 is 2.44 bits per heavy atom. The summed E-state index contributed by atoms with van der Waals surface area (Å²) in [6.07, 6.45) is -2.94. The molecule has 0 aliphatic carbocycles. The number of aliphatic hydroxyl groups excluding tert-OH is 2. The third kappa shape index (κ3) is 5.66. The summed E-state index contributed by atoms with van der Waals surface area (Å²) in [5.74, 6) is -0.695. The van der Waals surface area contributed by atoms with Crippen molar-refractivity contribution in [1.82, 2.24) is 5.32 Å². The lowest BCUT2D eigenvalue weighted by molar-refractivity contribution is 0.0135. The highest BCUT2D eigenvalue weighted by molar-refractivity contribution is 5.67. The number of phenols is 2. The van der Waals surface area contributed by atoms with Gasteiger partial charge in [-0.1, -0.05) is 36.4 Å². The van der Waals surface area contributed by atoms with Crippen LogP contribution in [0.4, 0.5) is 4.79 Å². The molecule has 0 fully saturated rings. The number of amides is 1. The number of nitrogens with one attached hydrogen (secondary N) is 1. The largest absolute Gasteiger partial charge is 0.504 e. The Hall–Kier alpha value is -2.77. The highest BCUT2D eigenvalue weighted by Crippen LogP contribution is 2.29. The van der Waals surface area contributed by atoms with Gasteiger partial charge in [-0.15, -0.1) is 0 Å². The van der Waals surface area contributed by atoms with Crippen molar-refractivity contribution in [1.29, 1.82) is 0 Å². The molecule has 0 radical (unpaired) electrons. The Morgan fingerprint density at radius 1 is 1.04 bits per heavy atom. The maximum absolute atomic E-state index is 11.6. The van der Waals surface area contributed by atoms with Gasteiger partial charge in [-0.05, 0) is 29.7 Å². The zero-order chi connectivity index (χ0) is 18.2. The quantitative estimate of drug-likeness (QED) is 0.487.